The minimum Gasteiger partial charge on any atom is -0.496 e. The summed E-state index contributed by atoms with van der Waals surface area (Å²) < 4.78 is 17.3. The number of benzene rings is 3. The Morgan fingerprint density at radius 2 is 1.71 bits per heavy atom. The smallest absolute Gasteiger partial charge is 0.244 e. The first-order valence-electron chi connectivity index (χ1n) is 11.2. The Labute approximate surface area is 200 Å². The van der Waals surface area contributed by atoms with Crippen LogP contribution in [0.4, 0.5) is 0 Å². The fourth-order valence-corrected chi connectivity index (χ4v) is 4.30. The molecule has 1 N–H and O–H groups in total. The first-order chi connectivity index (χ1) is 16.4. The van der Waals surface area contributed by atoms with Crippen LogP contribution in [0.5, 0.6) is 11.5 Å². The number of methoxy groups -OCH3 is 2. The predicted octanol–water partition coefficient (Wildman–Crippen LogP) is 6.71. The van der Waals surface area contributed by atoms with Gasteiger partial charge in [0.15, 0.2) is 0 Å². The van der Waals surface area contributed by atoms with Gasteiger partial charge in [-0.05, 0) is 44.0 Å². The SMILES string of the molecule is COc1ccccc1-c1coc2c(C)c(OC)c(/C(C)=C/C(=O)NC(C)c3ccccc3)cc12. The second-order valence-electron chi connectivity index (χ2n) is 8.28. The van der Waals surface area contributed by atoms with E-state index in [1.54, 1.807) is 26.6 Å². The predicted molar refractivity (Wildman–Crippen MR) is 136 cm³/mol. The molecule has 3 aromatic carbocycles. The Hall–Kier alpha value is -3.99. The number of carbonyl (C=O) groups is 1. The molecule has 0 saturated carbocycles. The van der Waals surface area contributed by atoms with Crippen LogP contribution in [0.1, 0.15) is 36.6 Å². The van der Waals surface area contributed by atoms with Crippen LogP contribution in [0.25, 0.3) is 27.7 Å². The maximum atomic E-state index is 12.8. The zero-order valence-electron chi connectivity index (χ0n) is 20.1. The van der Waals surface area contributed by atoms with Gasteiger partial charge in [0.2, 0.25) is 5.91 Å². The van der Waals surface area contributed by atoms with Gasteiger partial charge in [-0.1, -0.05) is 48.5 Å². The van der Waals surface area contributed by atoms with E-state index < -0.39 is 0 Å². The lowest BCUT2D eigenvalue weighted by molar-refractivity contribution is -0.117. The van der Waals surface area contributed by atoms with Crippen LogP contribution in [0.15, 0.2) is 77.4 Å². The molecule has 174 valence electrons. The molecule has 0 radical (unpaired) electrons. The molecule has 0 bridgehead atoms. The molecular formula is C29H29NO4. The molecule has 0 aliphatic rings. The fourth-order valence-electron chi connectivity index (χ4n) is 4.30. The largest absolute Gasteiger partial charge is 0.496 e. The summed E-state index contributed by atoms with van der Waals surface area (Å²) in [6, 6.07) is 19.6. The van der Waals surface area contributed by atoms with Crippen LogP contribution < -0.4 is 14.8 Å². The van der Waals surface area contributed by atoms with Crippen molar-refractivity contribution >= 4 is 22.4 Å². The first-order valence-corrected chi connectivity index (χ1v) is 11.2. The molecular weight excluding hydrogens is 426 g/mol. The zero-order chi connectivity index (χ0) is 24.2. The topological polar surface area (TPSA) is 60.7 Å². The van der Waals surface area contributed by atoms with Crippen LogP contribution in [0, 0.1) is 6.92 Å². The maximum absolute atomic E-state index is 12.8. The Bertz CT molecular complexity index is 1350. The number of aryl methyl sites for hydroxylation is 1. The fraction of sp³-hybridized carbons (Fsp3) is 0.207. The average molecular weight is 456 g/mol. The van der Waals surface area contributed by atoms with E-state index in [2.05, 4.69) is 5.32 Å². The zero-order valence-corrected chi connectivity index (χ0v) is 20.1. The summed E-state index contributed by atoms with van der Waals surface area (Å²) in [6.45, 7) is 5.85. The van der Waals surface area contributed by atoms with Gasteiger partial charge in [-0.3, -0.25) is 4.79 Å². The van der Waals surface area contributed by atoms with Crippen LogP contribution in [-0.2, 0) is 4.79 Å². The number of ether oxygens (including phenoxy) is 2. The summed E-state index contributed by atoms with van der Waals surface area (Å²) in [5.41, 5.74) is 6.18. The monoisotopic (exact) mass is 455 g/mol. The molecule has 1 amide bonds. The Morgan fingerprint density at radius 3 is 2.41 bits per heavy atom. The van der Waals surface area contributed by atoms with Gasteiger partial charge in [0.05, 0.1) is 26.5 Å². The summed E-state index contributed by atoms with van der Waals surface area (Å²) in [5, 5.41) is 3.98. The second-order valence-corrected chi connectivity index (χ2v) is 8.28. The Balaban J connectivity index is 1.74. The Morgan fingerprint density at radius 1 is 1.00 bits per heavy atom. The van der Waals surface area contributed by atoms with E-state index in [9.17, 15) is 4.79 Å². The van der Waals surface area contributed by atoms with Crippen molar-refractivity contribution in [3.05, 3.63) is 89.7 Å². The van der Waals surface area contributed by atoms with Crippen molar-refractivity contribution in [2.75, 3.05) is 14.2 Å². The summed E-state index contributed by atoms with van der Waals surface area (Å²) in [5.74, 6) is 1.29. The van der Waals surface area contributed by atoms with Crippen molar-refractivity contribution in [1.29, 1.82) is 0 Å². The van der Waals surface area contributed by atoms with Crippen molar-refractivity contribution in [2.45, 2.75) is 26.8 Å². The lowest BCUT2D eigenvalue weighted by Gasteiger charge is -2.15. The van der Waals surface area contributed by atoms with Gasteiger partial charge >= 0.3 is 0 Å². The van der Waals surface area contributed by atoms with E-state index in [0.29, 0.717) is 5.75 Å². The normalized spacial score (nSPS) is 12.4. The molecule has 34 heavy (non-hydrogen) atoms. The third-order valence-electron chi connectivity index (χ3n) is 6.08. The molecule has 0 aliphatic carbocycles. The number of hydrogen-bond donors (Lipinski definition) is 1. The minimum atomic E-state index is -0.161. The summed E-state index contributed by atoms with van der Waals surface area (Å²) >= 11 is 0. The number of carbonyl (C=O) groups excluding carboxylic acids is 1. The van der Waals surface area contributed by atoms with Crippen molar-refractivity contribution < 1.29 is 18.7 Å². The molecule has 0 saturated heterocycles. The van der Waals surface area contributed by atoms with Crippen LogP contribution in [0.3, 0.4) is 0 Å². The molecule has 4 aromatic rings. The molecule has 1 heterocycles. The molecule has 0 aliphatic heterocycles. The van der Waals surface area contributed by atoms with Crippen molar-refractivity contribution in [3.8, 4) is 22.6 Å². The van der Waals surface area contributed by atoms with E-state index in [1.165, 1.54) is 0 Å². The van der Waals surface area contributed by atoms with Gasteiger partial charge < -0.3 is 19.2 Å². The highest BCUT2D eigenvalue weighted by Crippen LogP contribution is 2.42. The van der Waals surface area contributed by atoms with E-state index in [4.69, 9.17) is 13.9 Å². The summed E-state index contributed by atoms with van der Waals surface area (Å²) in [7, 11) is 3.29. The number of amides is 1. The van der Waals surface area contributed by atoms with Gasteiger partial charge in [-0.2, -0.15) is 0 Å². The number of rotatable bonds is 7. The quantitative estimate of drug-likeness (QED) is 0.315. The number of allylic oxidation sites excluding steroid dienone is 1. The number of furan rings is 1. The van der Waals surface area contributed by atoms with Gasteiger partial charge in [-0.15, -0.1) is 0 Å². The van der Waals surface area contributed by atoms with Crippen LogP contribution in [-0.4, -0.2) is 20.1 Å². The third kappa shape index (κ3) is 4.42. The summed E-state index contributed by atoms with van der Waals surface area (Å²) in [4.78, 5) is 12.8. The van der Waals surface area contributed by atoms with Crippen LogP contribution >= 0.6 is 0 Å². The lowest BCUT2D eigenvalue weighted by atomic mass is 9.96. The standard InChI is InChI=1S/C29H29NO4/c1-18(15-27(31)30-20(3)21-11-7-6-8-12-21)23-16-24-25(22-13-9-10-14-26(22)32-4)17-34-29(24)19(2)28(23)33-5/h6-17,20H,1-5H3,(H,30,31)/b18-15+. The van der Waals surface area contributed by atoms with E-state index >= 15 is 0 Å². The van der Waals surface area contributed by atoms with E-state index in [1.807, 2.05) is 81.4 Å². The molecule has 5 heteroatoms. The number of nitrogens with one attached hydrogen (secondary N) is 1. The molecule has 0 fully saturated rings. The third-order valence-corrected chi connectivity index (χ3v) is 6.08. The van der Waals surface area contributed by atoms with Gasteiger partial charge in [0, 0.05) is 33.7 Å². The molecule has 4 rings (SSSR count). The molecule has 1 atom stereocenters. The Kier molecular flexibility index (Phi) is 6.73. The highest BCUT2D eigenvalue weighted by molar-refractivity contribution is 6.02. The minimum absolute atomic E-state index is 0.102. The first kappa shape index (κ1) is 23.2. The number of fused-ring (bicyclic) bond motifs is 1. The number of para-hydroxylation sites is 1. The average Bonchev–Trinajstić information content (AvgIpc) is 3.28. The van der Waals surface area contributed by atoms with Gasteiger partial charge in [-0.25, -0.2) is 0 Å². The van der Waals surface area contributed by atoms with E-state index in [-0.39, 0.29) is 11.9 Å². The van der Waals surface area contributed by atoms with Crippen molar-refractivity contribution in [3.63, 3.8) is 0 Å². The van der Waals surface area contributed by atoms with Gasteiger partial charge in [0.25, 0.3) is 0 Å². The molecule has 1 aromatic heterocycles. The molecule has 5 nitrogen and oxygen atoms in total. The maximum Gasteiger partial charge on any atom is 0.244 e. The lowest BCUT2D eigenvalue weighted by Crippen LogP contribution is -2.24. The summed E-state index contributed by atoms with van der Waals surface area (Å²) in [6.07, 6.45) is 3.36. The number of hydrogen-bond acceptors (Lipinski definition) is 4. The molecule has 0 spiro atoms. The van der Waals surface area contributed by atoms with Crippen LogP contribution in [0.2, 0.25) is 0 Å². The van der Waals surface area contributed by atoms with Crippen molar-refractivity contribution in [1.82, 2.24) is 5.32 Å². The van der Waals surface area contributed by atoms with Crippen molar-refractivity contribution in [2.24, 2.45) is 0 Å². The highest BCUT2D eigenvalue weighted by atomic mass is 16.5. The highest BCUT2D eigenvalue weighted by Gasteiger charge is 2.20. The van der Waals surface area contributed by atoms with Gasteiger partial charge in [0.1, 0.15) is 17.1 Å². The molecule has 1 unspecified atom stereocenters. The second kappa shape index (κ2) is 9.87. The van der Waals surface area contributed by atoms with E-state index in [0.717, 1.165) is 50.1 Å².